The van der Waals surface area contributed by atoms with Crippen molar-refractivity contribution in [2.24, 2.45) is 0 Å². The Morgan fingerprint density at radius 1 is 1.28 bits per heavy atom. The molecule has 0 unspecified atom stereocenters. The lowest BCUT2D eigenvalue weighted by molar-refractivity contribution is 0.584. The van der Waals surface area contributed by atoms with Crippen LogP contribution in [0, 0.1) is 0 Å². The first kappa shape index (κ1) is 13.1. The Balaban J connectivity index is 1.83. The van der Waals surface area contributed by atoms with Crippen molar-refractivity contribution in [3.8, 4) is 0 Å². The van der Waals surface area contributed by atoms with Gasteiger partial charge in [0.25, 0.3) is 0 Å². The van der Waals surface area contributed by atoms with Crippen LogP contribution in [-0.2, 0) is 10.0 Å². The summed E-state index contributed by atoms with van der Waals surface area (Å²) < 4.78 is 26.2. The highest BCUT2D eigenvalue weighted by atomic mass is 32.2. The van der Waals surface area contributed by atoms with Crippen molar-refractivity contribution < 1.29 is 8.42 Å². The van der Waals surface area contributed by atoms with E-state index in [4.69, 9.17) is 0 Å². The molecular weight excluding hydrogens is 272 g/mol. The average molecular weight is 284 g/mol. The molecule has 0 atom stereocenters. The van der Waals surface area contributed by atoms with E-state index in [1.165, 1.54) is 18.1 Å². The van der Waals surface area contributed by atoms with Gasteiger partial charge < -0.3 is 0 Å². The highest BCUT2D eigenvalue weighted by molar-refractivity contribution is 7.99. The number of sulfonamides is 1. The molecule has 0 bridgehead atoms. The lowest BCUT2D eigenvalue weighted by Crippen LogP contribution is -2.25. The second kappa shape index (κ2) is 5.98. The maximum atomic E-state index is 11.8. The van der Waals surface area contributed by atoms with Gasteiger partial charge in [0, 0.05) is 12.3 Å². The van der Waals surface area contributed by atoms with E-state index in [-0.39, 0.29) is 4.90 Å². The van der Waals surface area contributed by atoms with Gasteiger partial charge in [0.2, 0.25) is 10.0 Å². The summed E-state index contributed by atoms with van der Waals surface area (Å²) in [6.07, 6.45) is 1.41. The summed E-state index contributed by atoms with van der Waals surface area (Å²) in [5.41, 5.74) is 0. The Kier molecular flexibility index (Phi) is 4.34. The summed E-state index contributed by atoms with van der Waals surface area (Å²) in [5, 5.41) is 7.07. The molecule has 0 spiro atoms. The minimum atomic E-state index is -3.41. The summed E-state index contributed by atoms with van der Waals surface area (Å²) in [5.74, 6) is 0.585. The number of H-pyrrole nitrogens is 1. The Morgan fingerprint density at radius 2 is 2.06 bits per heavy atom. The van der Waals surface area contributed by atoms with Crippen molar-refractivity contribution in [1.82, 2.24) is 19.9 Å². The monoisotopic (exact) mass is 284 g/mol. The molecule has 0 saturated carbocycles. The molecule has 0 aliphatic heterocycles. The van der Waals surface area contributed by atoms with E-state index >= 15 is 0 Å². The van der Waals surface area contributed by atoms with Gasteiger partial charge in [-0.3, -0.25) is 5.10 Å². The third-order valence-electron chi connectivity index (χ3n) is 2.08. The Hall–Kier alpha value is -1.38. The van der Waals surface area contributed by atoms with Crippen LogP contribution in [0.25, 0.3) is 0 Å². The number of nitrogens with zero attached hydrogens (tertiary/aromatic N) is 2. The van der Waals surface area contributed by atoms with Gasteiger partial charge in [0.1, 0.15) is 6.33 Å². The first-order valence-corrected chi connectivity index (χ1v) is 7.68. The standard InChI is InChI=1S/C10H12N4O2S2/c15-18(16,9-4-2-1-3-5-9)13-6-7-17-10-11-8-12-14-10/h1-5,8,13H,6-7H2,(H,11,12,14). The molecule has 2 N–H and O–H groups in total. The molecule has 1 aromatic heterocycles. The van der Waals surface area contributed by atoms with Crippen molar-refractivity contribution in [3.63, 3.8) is 0 Å². The molecular formula is C10H12N4O2S2. The van der Waals surface area contributed by atoms with Crippen LogP contribution >= 0.6 is 11.8 Å². The number of hydrogen-bond acceptors (Lipinski definition) is 5. The van der Waals surface area contributed by atoms with Gasteiger partial charge in [-0.2, -0.15) is 5.10 Å². The van der Waals surface area contributed by atoms with Gasteiger partial charge in [-0.1, -0.05) is 30.0 Å². The van der Waals surface area contributed by atoms with Gasteiger partial charge in [-0.05, 0) is 12.1 Å². The SMILES string of the molecule is O=S(=O)(NCCSc1ncn[nH]1)c1ccccc1. The van der Waals surface area contributed by atoms with Crippen molar-refractivity contribution in [2.75, 3.05) is 12.3 Å². The molecule has 6 nitrogen and oxygen atoms in total. The number of benzene rings is 1. The quantitative estimate of drug-likeness (QED) is 0.607. The van der Waals surface area contributed by atoms with E-state index in [0.29, 0.717) is 17.5 Å². The Labute approximate surface area is 109 Å². The van der Waals surface area contributed by atoms with Crippen LogP contribution in [0.15, 0.2) is 46.7 Å². The van der Waals surface area contributed by atoms with E-state index in [9.17, 15) is 8.42 Å². The Morgan fingerprint density at radius 3 is 2.72 bits per heavy atom. The predicted molar refractivity (Wildman–Crippen MR) is 68.7 cm³/mol. The average Bonchev–Trinajstić information content (AvgIpc) is 2.89. The minimum Gasteiger partial charge on any atom is -0.254 e. The number of hydrogen-bond donors (Lipinski definition) is 2. The number of rotatable bonds is 6. The van der Waals surface area contributed by atoms with Crippen molar-refractivity contribution in [3.05, 3.63) is 36.7 Å². The van der Waals surface area contributed by atoms with E-state index in [2.05, 4.69) is 19.9 Å². The highest BCUT2D eigenvalue weighted by Crippen LogP contribution is 2.10. The number of aromatic amines is 1. The van der Waals surface area contributed by atoms with Crippen LogP contribution in [0.4, 0.5) is 0 Å². The van der Waals surface area contributed by atoms with Gasteiger partial charge in [0.05, 0.1) is 4.90 Å². The normalized spacial score (nSPS) is 11.6. The third-order valence-corrected chi connectivity index (χ3v) is 4.43. The molecule has 1 aromatic carbocycles. The van der Waals surface area contributed by atoms with Crippen molar-refractivity contribution in [1.29, 1.82) is 0 Å². The molecule has 0 fully saturated rings. The third kappa shape index (κ3) is 3.56. The maximum Gasteiger partial charge on any atom is 0.240 e. The van der Waals surface area contributed by atoms with Crippen molar-refractivity contribution >= 4 is 21.8 Å². The molecule has 0 amide bonds. The second-order valence-corrected chi connectivity index (χ2v) is 6.20. The summed E-state index contributed by atoms with van der Waals surface area (Å²) in [6, 6.07) is 8.28. The van der Waals surface area contributed by atoms with E-state index in [0.717, 1.165) is 0 Å². The van der Waals surface area contributed by atoms with Gasteiger partial charge in [-0.25, -0.2) is 18.1 Å². The molecule has 18 heavy (non-hydrogen) atoms. The van der Waals surface area contributed by atoms with Crippen LogP contribution in [0.5, 0.6) is 0 Å². The van der Waals surface area contributed by atoms with E-state index in [1.807, 2.05) is 0 Å². The summed E-state index contributed by atoms with van der Waals surface area (Å²) in [6.45, 7) is 0.336. The van der Waals surface area contributed by atoms with Crippen LogP contribution in [-0.4, -0.2) is 35.9 Å². The largest absolute Gasteiger partial charge is 0.254 e. The van der Waals surface area contributed by atoms with Crippen LogP contribution in [0.3, 0.4) is 0 Å². The fourth-order valence-corrected chi connectivity index (χ4v) is 3.09. The molecule has 8 heteroatoms. The smallest absolute Gasteiger partial charge is 0.240 e. The molecule has 0 saturated heterocycles. The van der Waals surface area contributed by atoms with E-state index in [1.54, 1.807) is 30.3 Å². The molecule has 96 valence electrons. The highest BCUT2D eigenvalue weighted by Gasteiger charge is 2.12. The summed E-state index contributed by atoms with van der Waals surface area (Å²) in [7, 11) is -3.41. The van der Waals surface area contributed by atoms with E-state index < -0.39 is 10.0 Å². The lowest BCUT2D eigenvalue weighted by Gasteiger charge is -2.05. The number of aromatic nitrogens is 3. The van der Waals surface area contributed by atoms with Gasteiger partial charge >= 0.3 is 0 Å². The Bertz CT molecular complexity index is 569. The fraction of sp³-hybridized carbons (Fsp3) is 0.200. The maximum absolute atomic E-state index is 11.8. The lowest BCUT2D eigenvalue weighted by atomic mass is 10.4. The first-order chi connectivity index (χ1) is 8.68. The molecule has 1 heterocycles. The predicted octanol–water partition coefficient (Wildman–Crippen LogP) is 0.875. The van der Waals surface area contributed by atoms with Gasteiger partial charge in [-0.15, -0.1) is 0 Å². The number of nitrogens with one attached hydrogen (secondary N) is 2. The zero-order valence-electron chi connectivity index (χ0n) is 9.41. The number of thioether (sulfide) groups is 1. The zero-order chi connectivity index (χ0) is 12.8. The van der Waals surface area contributed by atoms with Crippen LogP contribution in [0.1, 0.15) is 0 Å². The van der Waals surface area contributed by atoms with Crippen LogP contribution < -0.4 is 4.72 Å². The topological polar surface area (TPSA) is 87.7 Å². The summed E-state index contributed by atoms with van der Waals surface area (Å²) >= 11 is 1.41. The molecule has 0 aliphatic rings. The summed E-state index contributed by atoms with van der Waals surface area (Å²) in [4.78, 5) is 4.20. The minimum absolute atomic E-state index is 0.273. The van der Waals surface area contributed by atoms with Crippen molar-refractivity contribution in [2.45, 2.75) is 10.1 Å². The first-order valence-electron chi connectivity index (χ1n) is 5.21. The van der Waals surface area contributed by atoms with Gasteiger partial charge in [0.15, 0.2) is 5.16 Å². The fourth-order valence-electron chi connectivity index (χ4n) is 1.27. The zero-order valence-corrected chi connectivity index (χ0v) is 11.0. The molecule has 0 aliphatic carbocycles. The molecule has 2 aromatic rings. The molecule has 2 rings (SSSR count). The molecule has 0 radical (unpaired) electrons. The van der Waals surface area contributed by atoms with Crippen LogP contribution in [0.2, 0.25) is 0 Å². The second-order valence-electron chi connectivity index (χ2n) is 3.35.